The number of rotatable bonds is 6. The number of carbonyl (C=O) groups excluding carboxylic acids is 1. The zero-order valence-electron chi connectivity index (χ0n) is 21.7. The van der Waals surface area contributed by atoms with Gasteiger partial charge >= 0.3 is 6.18 Å². The summed E-state index contributed by atoms with van der Waals surface area (Å²) >= 11 is 1.07. The molecule has 0 unspecified atom stereocenters. The van der Waals surface area contributed by atoms with Crippen LogP contribution >= 0.6 is 11.3 Å². The van der Waals surface area contributed by atoms with E-state index in [4.69, 9.17) is 20.2 Å². The third-order valence-corrected chi connectivity index (χ3v) is 7.49. The first kappa shape index (κ1) is 27.0. The Morgan fingerprint density at radius 3 is 2.30 bits per heavy atom. The van der Waals surface area contributed by atoms with Crippen LogP contribution in [0.2, 0.25) is 0 Å². The molecule has 2 aromatic heterocycles. The summed E-state index contributed by atoms with van der Waals surface area (Å²) in [6.45, 7) is 1.99. The molecule has 0 aliphatic carbocycles. The molecular weight excluding hydrogens is 539 g/mol. The summed E-state index contributed by atoms with van der Waals surface area (Å²) in [4.78, 5) is 18.7. The topological polar surface area (TPSA) is 86.5 Å². The molecule has 3 N–H and O–H groups in total. The highest BCUT2D eigenvalue weighted by atomic mass is 32.1. The molecule has 1 amide bonds. The molecule has 0 saturated carbocycles. The van der Waals surface area contributed by atoms with Gasteiger partial charge in [-0.15, -0.1) is 11.3 Å². The molecule has 204 valence electrons. The molecule has 0 bridgehead atoms. The second kappa shape index (κ2) is 10.5. The lowest BCUT2D eigenvalue weighted by atomic mass is 9.98. The van der Waals surface area contributed by atoms with Crippen LogP contribution in [0.3, 0.4) is 0 Å². The van der Waals surface area contributed by atoms with E-state index in [-0.39, 0.29) is 16.3 Å². The first-order valence-electron chi connectivity index (χ1n) is 12.1. The van der Waals surface area contributed by atoms with E-state index in [0.717, 1.165) is 40.2 Å². The van der Waals surface area contributed by atoms with Crippen molar-refractivity contribution in [1.82, 2.24) is 4.98 Å². The molecule has 0 aliphatic rings. The molecule has 0 saturated heterocycles. The molecule has 5 rings (SSSR count). The number of fused-ring (bicyclic) bond motifs is 1. The summed E-state index contributed by atoms with van der Waals surface area (Å²) < 4.78 is 50.4. The number of benzene rings is 3. The predicted molar refractivity (Wildman–Crippen MR) is 152 cm³/mol. The number of alkyl halides is 3. The van der Waals surface area contributed by atoms with Crippen molar-refractivity contribution in [3.05, 3.63) is 88.8 Å². The minimum absolute atomic E-state index is 0.00472. The van der Waals surface area contributed by atoms with Crippen molar-refractivity contribution in [2.75, 3.05) is 25.3 Å². The summed E-state index contributed by atoms with van der Waals surface area (Å²) in [6.07, 6.45) is -4.54. The monoisotopic (exact) mass is 563 g/mol. The highest BCUT2D eigenvalue weighted by molar-refractivity contribution is 7.21. The van der Waals surface area contributed by atoms with Crippen molar-refractivity contribution < 1.29 is 27.4 Å². The molecule has 40 heavy (non-hydrogen) atoms. The lowest BCUT2D eigenvalue weighted by Gasteiger charge is -2.12. The maximum atomic E-state index is 13.3. The first-order valence-corrected chi connectivity index (χ1v) is 12.9. The van der Waals surface area contributed by atoms with Crippen molar-refractivity contribution in [2.24, 2.45) is 0 Å². The van der Waals surface area contributed by atoms with E-state index >= 15 is 0 Å². The van der Waals surface area contributed by atoms with Crippen molar-refractivity contribution >= 4 is 38.8 Å². The van der Waals surface area contributed by atoms with E-state index < -0.39 is 17.6 Å². The Balaban J connectivity index is 1.65. The smallest absolute Gasteiger partial charge is 0.416 e. The fraction of sp³-hybridized carbons (Fsp3) is 0.133. The van der Waals surface area contributed by atoms with E-state index in [1.165, 1.54) is 19.2 Å². The second-order valence-electron chi connectivity index (χ2n) is 9.05. The lowest BCUT2D eigenvalue weighted by Crippen LogP contribution is -2.13. The van der Waals surface area contributed by atoms with E-state index in [1.807, 2.05) is 49.4 Å². The number of nitrogen functional groups attached to an aromatic ring is 1. The number of thiophene rings is 1. The number of aromatic nitrogens is 1. The number of methoxy groups -OCH3 is 2. The average Bonchev–Trinajstić information content (AvgIpc) is 3.28. The van der Waals surface area contributed by atoms with Crippen LogP contribution in [0.15, 0.2) is 72.8 Å². The molecule has 0 spiro atoms. The fourth-order valence-electron chi connectivity index (χ4n) is 4.35. The van der Waals surface area contributed by atoms with Gasteiger partial charge in [0.1, 0.15) is 9.71 Å². The van der Waals surface area contributed by atoms with Gasteiger partial charge in [-0.2, -0.15) is 13.2 Å². The summed E-state index contributed by atoms with van der Waals surface area (Å²) in [5.74, 6) is 0.433. The quantitative estimate of drug-likeness (QED) is 0.220. The third kappa shape index (κ3) is 5.17. The molecule has 0 aliphatic heterocycles. The fourth-order valence-corrected chi connectivity index (χ4v) is 5.37. The van der Waals surface area contributed by atoms with Gasteiger partial charge in [-0.05, 0) is 54.4 Å². The molecule has 6 nitrogen and oxygen atoms in total. The molecule has 0 atom stereocenters. The zero-order chi connectivity index (χ0) is 28.6. The van der Waals surface area contributed by atoms with Crippen LogP contribution in [-0.2, 0) is 6.18 Å². The summed E-state index contributed by atoms with van der Waals surface area (Å²) in [5, 5.41) is 3.10. The van der Waals surface area contributed by atoms with Crippen LogP contribution in [0.1, 0.15) is 20.8 Å². The Labute approximate surface area is 232 Å². The predicted octanol–water partition coefficient (Wildman–Crippen LogP) is 7.81. The average molecular weight is 564 g/mol. The van der Waals surface area contributed by atoms with Gasteiger partial charge < -0.3 is 20.5 Å². The Morgan fingerprint density at radius 1 is 0.925 bits per heavy atom. The van der Waals surface area contributed by atoms with Crippen LogP contribution < -0.4 is 20.5 Å². The zero-order valence-corrected chi connectivity index (χ0v) is 22.5. The highest BCUT2D eigenvalue weighted by Gasteiger charge is 2.31. The van der Waals surface area contributed by atoms with Crippen LogP contribution in [0.4, 0.5) is 24.5 Å². The number of pyridine rings is 1. The van der Waals surface area contributed by atoms with E-state index in [9.17, 15) is 18.0 Å². The maximum Gasteiger partial charge on any atom is 0.416 e. The molecule has 3 aromatic carbocycles. The van der Waals surface area contributed by atoms with Crippen molar-refractivity contribution in [1.29, 1.82) is 0 Å². The lowest BCUT2D eigenvalue weighted by molar-refractivity contribution is -0.137. The van der Waals surface area contributed by atoms with Crippen LogP contribution in [-0.4, -0.2) is 25.1 Å². The summed E-state index contributed by atoms with van der Waals surface area (Å²) in [5.41, 5.74) is 9.97. The van der Waals surface area contributed by atoms with Crippen LogP contribution in [0, 0.1) is 6.92 Å². The molecule has 2 heterocycles. The number of halogens is 3. The maximum absolute atomic E-state index is 13.3. The van der Waals surface area contributed by atoms with Gasteiger partial charge in [0.2, 0.25) is 0 Å². The molecule has 5 aromatic rings. The number of anilines is 2. The number of ether oxygens (including phenoxy) is 2. The van der Waals surface area contributed by atoms with Crippen molar-refractivity contribution in [2.45, 2.75) is 13.1 Å². The van der Waals surface area contributed by atoms with Crippen LogP contribution in [0.5, 0.6) is 11.5 Å². The number of nitrogens with one attached hydrogen (secondary N) is 1. The number of nitrogens with zero attached hydrogens (tertiary/aromatic N) is 1. The minimum atomic E-state index is -4.54. The first-order chi connectivity index (χ1) is 19.1. The van der Waals surface area contributed by atoms with E-state index in [2.05, 4.69) is 5.32 Å². The standard InChI is InChI=1S/C30H24F3N3O3S/c1-16-7-9-17(10-8-16)22-15-21(18-11-12-23(38-2)24(13-18)39-3)25-26(34)27(40-29(25)36-22)28(37)35-20-6-4-5-19(14-20)30(31,32)33/h4-15H,34H2,1-3H3,(H,35,37). The van der Waals surface area contributed by atoms with Gasteiger partial charge in [0, 0.05) is 16.6 Å². The minimum Gasteiger partial charge on any atom is -0.493 e. The largest absolute Gasteiger partial charge is 0.493 e. The molecule has 10 heteroatoms. The SMILES string of the molecule is COc1ccc(-c2cc(-c3ccc(C)cc3)nc3sc(C(=O)Nc4cccc(C(F)(F)F)c4)c(N)c23)cc1OC. The Morgan fingerprint density at radius 2 is 1.62 bits per heavy atom. The molecule has 0 radical (unpaired) electrons. The Bertz CT molecular complexity index is 1730. The van der Waals surface area contributed by atoms with Gasteiger partial charge in [-0.1, -0.05) is 42.0 Å². The number of hydrogen-bond acceptors (Lipinski definition) is 6. The van der Waals surface area contributed by atoms with E-state index in [1.54, 1.807) is 13.2 Å². The number of aryl methyl sites for hydroxylation is 1. The van der Waals surface area contributed by atoms with E-state index in [0.29, 0.717) is 33.0 Å². The third-order valence-electron chi connectivity index (χ3n) is 6.39. The summed E-state index contributed by atoms with van der Waals surface area (Å²) in [6, 6.07) is 19.7. The van der Waals surface area contributed by atoms with Crippen LogP contribution in [0.25, 0.3) is 32.6 Å². The Hall–Kier alpha value is -4.57. The van der Waals surface area contributed by atoms with Crippen molar-refractivity contribution in [3.63, 3.8) is 0 Å². The number of hydrogen-bond donors (Lipinski definition) is 2. The second-order valence-corrected chi connectivity index (χ2v) is 10.0. The molecular formula is C30H24F3N3O3S. The summed E-state index contributed by atoms with van der Waals surface area (Å²) in [7, 11) is 3.08. The Kier molecular flexibility index (Phi) is 7.12. The number of carbonyl (C=O) groups is 1. The van der Waals surface area contributed by atoms with Gasteiger partial charge in [-0.25, -0.2) is 4.98 Å². The molecule has 0 fully saturated rings. The van der Waals surface area contributed by atoms with Gasteiger partial charge in [0.15, 0.2) is 11.5 Å². The van der Waals surface area contributed by atoms with Crippen molar-refractivity contribution in [3.8, 4) is 33.9 Å². The number of amides is 1. The van der Waals surface area contributed by atoms with Gasteiger partial charge in [-0.3, -0.25) is 4.79 Å². The normalized spacial score (nSPS) is 11.4. The highest BCUT2D eigenvalue weighted by Crippen LogP contribution is 2.43. The van der Waals surface area contributed by atoms with Gasteiger partial charge in [0.25, 0.3) is 5.91 Å². The number of nitrogens with two attached hydrogens (primary N) is 1. The van der Waals surface area contributed by atoms with Gasteiger partial charge in [0.05, 0.1) is 31.2 Å².